The lowest BCUT2D eigenvalue weighted by atomic mass is 10.3. The number of nitrogens with zero attached hydrogens (tertiary/aromatic N) is 2. The van der Waals surface area contributed by atoms with Gasteiger partial charge in [-0.3, -0.25) is 0 Å². The zero-order valence-electron chi connectivity index (χ0n) is 7.70. The summed E-state index contributed by atoms with van der Waals surface area (Å²) in [6.45, 7) is 2.12. The first kappa shape index (κ1) is 7.35. The highest BCUT2D eigenvalue weighted by Gasteiger charge is 2.04. The van der Waals surface area contributed by atoms with Crippen LogP contribution < -0.4 is 4.57 Å². The van der Waals surface area contributed by atoms with Gasteiger partial charge in [0.15, 0.2) is 12.4 Å². The largest absolute Gasteiger partial charge is 0.343 e. The van der Waals surface area contributed by atoms with E-state index < -0.39 is 0 Å². The number of aromatic nitrogens is 2. The number of pyridine rings is 1. The van der Waals surface area contributed by atoms with Crippen molar-refractivity contribution >= 4 is 10.9 Å². The van der Waals surface area contributed by atoms with Crippen LogP contribution >= 0.6 is 0 Å². The summed E-state index contributed by atoms with van der Waals surface area (Å²) in [5.74, 6) is 0. The maximum atomic E-state index is 2.20. The van der Waals surface area contributed by atoms with E-state index in [1.165, 1.54) is 16.6 Å². The smallest absolute Gasteiger partial charge is 0.193 e. The van der Waals surface area contributed by atoms with Crippen molar-refractivity contribution in [2.24, 2.45) is 14.1 Å². The van der Waals surface area contributed by atoms with E-state index >= 15 is 0 Å². The summed E-state index contributed by atoms with van der Waals surface area (Å²) in [4.78, 5) is 0. The molecule has 0 saturated carbocycles. The molecule has 0 amide bonds. The van der Waals surface area contributed by atoms with E-state index in [2.05, 4.69) is 47.6 Å². The second kappa shape index (κ2) is 2.34. The molecule has 0 saturated heterocycles. The van der Waals surface area contributed by atoms with Gasteiger partial charge in [0.05, 0.1) is 0 Å². The molecule has 0 bridgehead atoms. The fourth-order valence-electron chi connectivity index (χ4n) is 1.51. The first-order valence-electron chi connectivity index (χ1n) is 4.10. The molecule has 0 radical (unpaired) electrons. The Hall–Kier alpha value is -1.31. The first-order valence-corrected chi connectivity index (χ1v) is 4.10. The highest BCUT2D eigenvalue weighted by atomic mass is 15.0. The van der Waals surface area contributed by atoms with E-state index in [9.17, 15) is 0 Å². The highest BCUT2D eigenvalue weighted by molar-refractivity contribution is 5.79. The van der Waals surface area contributed by atoms with Crippen LogP contribution in [0.1, 0.15) is 5.69 Å². The third-order valence-electron chi connectivity index (χ3n) is 2.37. The molecule has 0 spiro atoms. The lowest BCUT2D eigenvalue weighted by Crippen LogP contribution is -2.26. The van der Waals surface area contributed by atoms with Gasteiger partial charge < -0.3 is 4.57 Å². The van der Waals surface area contributed by atoms with E-state index in [4.69, 9.17) is 0 Å². The zero-order chi connectivity index (χ0) is 8.72. The van der Waals surface area contributed by atoms with E-state index in [1.54, 1.807) is 0 Å². The minimum Gasteiger partial charge on any atom is -0.343 e. The van der Waals surface area contributed by atoms with Gasteiger partial charge in [-0.2, -0.15) is 0 Å². The standard InChI is InChI=1S/C10H13N2/c1-8-6-9-4-5-11(2)7-10(9)12(8)3/h4-7H,1-3H3/q+1. The van der Waals surface area contributed by atoms with Gasteiger partial charge in [-0.15, -0.1) is 0 Å². The molecule has 62 valence electrons. The fraction of sp³-hybridized carbons (Fsp3) is 0.300. The van der Waals surface area contributed by atoms with Crippen molar-refractivity contribution in [3.63, 3.8) is 0 Å². The van der Waals surface area contributed by atoms with Gasteiger partial charge in [-0.25, -0.2) is 4.57 Å². The molecule has 0 aliphatic carbocycles. The van der Waals surface area contributed by atoms with Crippen LogP contribution in [-0.4, -0.2) is 4.57 Å². The van der Waals surface area contributed by atoms with Crippen LogP contribution in [-0.2, 0) is 14.1 Å². The van der Waals surface area contributed by atoms with Crippen molar-refractivity contribution < 1.29 is 4.57 Å². The minimum atomic E-state index is 1.29. The van der Waals surface area contributed by atoms with Crippen LogP contribution in [0.3, 0.4) is 0 Å². The quantitative estimate of drug-likeness (QED) is 0.515. The zero-order valence-corrected chi connectivity index (χ0v) is 7.70. The monoisotopic (exact) mass is 161 g/mol. The van der Waals surface area contributed by atoms with E-state index in [0.29, 0.717) is 0 Å². The molecule has 2 heteroatoms. The van der Waals surface area contributed by atoms with Gasteiger partial charge in [0.25, 0.3) is 0 Å². The van der Waals surface area contributed by atoms with Crippen LogP contribution in [0.2, 0.25) is 0 Å². The summed E-state index contributed by atoms with van der Waals surface area (Å²) >= 11 is 0. The summed E-state index contributed by atoms with van der Waals surface area (Å²) in [6.07, 6.45) is 4.21. The van der Waals surface area contributed by atoms with Crippen molar-refractivity contribution in [2.45, 2.75) is 6.92 Å². The van der Waals surface area contributed by atoms with E-state index in [1.807, 2.05) is 7.05 Å². The van der Waals surface area contributed by atoms with Crippen LogP contribution in [0.4, 0.5) is 0 Å². The molecular weight excluding hydrogens is 148 g/mol. The third-order valence-corrected chi connectivity index (χ3v) is 2.37. The number of rotatable bonds is 0. The molecule has 2 aromatic rings. The van der Waals surface area contributed by atoms with Gasteiger partial charge >= 0.3 is 0 Å². The highest BCUT2D eigenvalue weighted by Crippen LogP contribution is 2.14. The fourth-order valence-corrected chi connectivity index (χ4v) is 1.51. The predicted octanol–water partition coefficient (Wildman–Crippen LogP) is 1.31. The number of hydrogen-bond acceptors (Lipinski definition) is 0. The van der Waals surface area contributed by atoms with Crippen molar-refractivity contribution in [1.29, 1.82) is 0 Å². The van der Waals surface area contributed by atoms with Gasteiger partial charge in [0.2, 0.25) is 0 Å². The van der Waals surface area contributed by atoms with Crippen LogP contribution in [0.25, 0.3) is 10.9 Å². The topological polar surface area (TPSA) is 8.81 Å². The Morgan fingerprint density at radius 3 is 2.92 bits per heavy atom. The Bertz CT molecular complexity index is 427. The van der Waals surface area contributed by atoms with E-state index in [-0.39, 0.29) is 0 Å². The second-order valence-electron chi connectivity index (χ2n) is 3.30. The Balaban J connectivity index is 2.88. The molecule has 0 N–H and O–H groups in total. The molecule has 0 aliphatic heterocycles. The number of fused-ring (bicyclic) bond motifs is 1. The number of aryl methyl sites for hydroxylation is 3. The molecule has 2 heterocycles. The van der Waals surface area contributed by atoms with Gasteiger partial charge in [0.1, 0.15) is 12.6 Å². The van der Waals surface area contributed by atoms with E-state index in [0.717, 1.165) is 0 Å². The average Bonchev–Trinajstić information content (AvgIpc) is 2.31. The van der Waals surface area contributed by atoms with Gasteiger partial charge in [0, 0.05) is 24.2 Å². The molecule has 0 fully saturated rings. The van der Waals surface area contributed by atoms with Crippen molar-refractivity contribution in [3.05, 3.63) is 30.2 Å². The minimum absolute atomic E-state index is 1.29. The predicted molar refractivity (Wildman–Crippen MR) is 48.8 cm³/mol. The maximum absolute atomic E-state index is 2.20. The summed E-state index contributed by atoms with van der Waals surface area (Å²) < 4.78 is 4.27. The normalized spacial score (nSPS) is 10.9. The summed E-state index contributed by atoms with van der Waals surface area (Å²) in [7, 11) is 4.14. The molecule has 2 aromatic heterocycles. The van der Waals surface area contributed by atoms with Gasteiger partial charge in [-0.1, -0.05) is 0 Å². The summed E-state index contributed by atoms with van der Waals surface area (Å²) in [6, 6.07) is 4.34. The molecule has 12 heavy (non-hydrogen) atoms. The Kier molecular flexibility index (Phi) is 1.43. The molecule has 0 aliphatic rings. The van der Waals surface area contributed by atoms with Gasteiger partial charge in [-0.05, 0) is 13.0 Å². The molecular formula is C10H13N2+. The maximum Gasteiger partial charge on any atom is 0.193 e. The molecule has 0 aromatic carbocycles. The Morgan fingerprint density at radius 2 is 2.17 bits per heavy atom. The average molecular weight is 161 g/mol. The third kappa shape index (κ3) is 0.916. The lowest BCUT2D eigenvalue weighted by Gasteiger charge is -1.95. The van der Waals surface area contributed by atoms with Crippen LogP contribution in [0.5, 0.6) is 0 Å². The second-order valence-corrected chi connectivity index (χ2v) is 3.30. The van der Waals surface area contributed by atoms with Crippen LogP contribution in [0.15, 0.2) is 24.5 Å². The molecule has 2 nitrogen and oxygen atoms in total. The number of hydrogen-bond donors (Lipinski definition) is 0. The molecule has 2 rings (SSSR count). The molecule has 0 atom stereocenters. The van der Waals surface area contributed by atoms with Crippen molar-refractivity contribution in [2.75, 3.05) is 0 Å². The SMILES string of the molecule is Cc1cc2cc[n+](C)cc2n1C. The Morgan fingerprint density at radius 1 is 1.42 bits per heavy atom. The van der Waals surface area contributed by atoms with Crippen molar-refractivity contribution in [1.82, 2.24) is 4.57 Å². The van der Waals surface area contributed by atoms with Crippen LogP contribution in [0, 0.1) is 6.92 Å². The Labute approximate surface area is 72.1 Å². The van der Waals surface area contributed by atoms with Crippen molar-refractivity contribution in [3.8, 4) is 0 Å². The lowest BCUT2D eigenvalue weighted by molar-refractivity contribution is -0.670. The molecule has 0 unspecified atom stereocenters. The summed E-state index contributed by atoms with van der Waals surface area (Å²) in [5, 5.41) is 1.31. The first-order chi connectivity index (χ1) is 5.68. The summed E-state index contributed by atoms with van der Waals surface area (Å²) in [5.41, 5.74) is 2.59.